The number of aliphatic carboxylic acids is 2. The zero-order valence-corrected chi connectivity index (χ0v) is 5.40. The molecule has 1 aliphatic heterocycles. The number of hydrogen-bond acceptors (Lipinski definition) is 3. The van der Waals surface area contributed by atoms with E-state index in [1.807, 2.05) is 0 Å². The molecule has 0 spiro atoms. The Labute approximate surface area is 57.2 Å². The third-order valence-corrected chi connectivity index (χ3v) is 0.609. The fourth-order valence-electron chi connectivity index (χ4n) is 0.191. The number of carboxylic acid groups (broad SMARTS) is 2. The van der Waals surface area contributed by atoms with E-state index in [0.717, 1.165) is 6.92 Å². The molecular formula is C5H8O5. The van der Waals surface area contributed by atoms with Crippen molar-refractivity contribution in [2.75, 3.05) is 6.61 Å². The maximum absolute atomic E-state index is 9.64. The van der Waals surface area contributed by atoms with Gasteiger partial charge in [-0.2, -0.15) is 0 Å². The molecule has 10 heavy (non-hydrogen) atoms. The van der Waals surface area contributed by atoms with Crippen molar-refractivity contribution in [3.63, 3.8) is 0 Å². The van der Waals surface area contributed by atoms with Gasteiger partial charge in [0.1, 0.15) is 0 Å². The first-order valence-electron chi connectivity index (χ1n) is 2.58. The summed E-state index contributed by atoms with van der Waals surface area (Å²) >= 11 is 0. The van der Waals surface area contributed by atoms with Gasteiger partial charge >= 0.3 is 5.97 Å². The van der Waals surface area contributed by atoms with Gasteiger partial charge in [0.15, 0.2) is 6.10 Å². The van der Waals surface area contributed by atoms with Crippen LogP contribution in [-0.2, 0) is 14.3 Å². The molecule has 1 rings (SSSR count). The van der Waals surface area contributed by atoms with E-state index in [0.29, 0.717) is 6.61 Å². The van der Waals surface area contributed by atoms with Crippen LogP contribution in [0.3, 0.4) is 0 Å². The topological polar surface area (TPSA) is 87.1 Å². The molecule has 0 radical (unpaired) electrons. The molecule has 0 bridgehead atoms. The van der Waals surface area contributed by atoms with Gasteiger partial charge < -0.3 is 14.9 Å². The largest absolute Gasteiger partial charge is 0.481 e. The second-order valence-corrected chi connectivity index (χ2v) is 1.68. The van der Waals surface area contributed by atoms with E-state index >= 15 is 0 Å². The standard InChI is InChI=1S/C3H4O3.C2H4O2/c4-3(5)2-1-6-2;1-2(3)4/h2H,1H2,(H,4,5);1H3,(H,3,4). The van der Waals surface area contributed by atoms with E-state index in [1.54, 1.807) is 0 Å². The Kier molecular flexibility index (Phi) is 3.42. The number of carbonyl (C=O) groups is 2. The van der Waals surface area contributed by atoms with E-state index in [4.69, 9.17) is 15.0 Å². The molecule has 1 saturated heterocycles. The predicted octanol–water partition coefficient (Wildman–Crippen LogP) is -0.439. The van der Waals surface area contributed by atoms with Crippen LogP contribution in [0.5, 0.6) is 0 Å². The van der Waals surface area contributed by atoms with Crippen molar-refractivity contribution in [2.24, 2.45) is 0 Å². The third-order valence-electron chi connectivity index (χ3n) is 0.609. The van der Waals surface area contributed by atoms with Crippen molar-refractivity contribution >= 4 is 11.9 Å². The summed E-state index contributed by atoms with van der Waals surface area (Å²) < 4.78 is 4.37. The van der Waals surface area contributed by atoms with Crippen molar-refractivity contribution in [1.82, 2.24) is 0 Å². The number of epoxide rings is 1. The zero-order chi connectivity index (χ0) is 8.15. The molecule has 5 nitrogen and oxygen atoms in total. The minimum absolute atomic E-state index is 0.398. The molecule has 0 aliphatic carbocycles. The molecule has 0 aromatic rings. The first kappa shape index (κ1) is 8.90. The van der Waals surface area contributed by atoms with Gasteiger partial charge in [-0.3, -0.25) is 4.79 Å². The summed E-state index contributed by atoms with van der Waals surface area (Å²) in [5.41, 5.74) is 0. The predicted molar refractivity (Wildman–Crippen MR) is 30.7 cm³/mol. The van der Waals surface area contributed by atoms with Crippen LogP contribution < -0.4 is 0 Å². The van der Waals surface area contributed by atoms with Gasteiger partial charge in [-0.25, -0.2) is 4.79 Å². The quantitative estimate of drug-likeness (QED) is 0.492. The van der Waals surface area contributed by atoms with Crippen molar-refractivity contribution < 1.29 is 24.5 Å². The van der Waals surface area contributed by atoms with Crippen LogP contribution in [0, 0.1) is 0 Å². The van der Waals surface area contributed by atoms with Crippen molar-refractivity contribution in [2.45, 2.75) is 13.0 Å². The Morgan fingerprint density at radius 2 is 1.80 bits per heavy atom. The number of rotatable bonds is 1. The second-order valence-electron chi connectivity index (χ2n) is 1.68. The fourth-order valence-corrected chi connectivity index (χ4v) is 0.191. The minimum Gasteiger partial charge on any atom is -0.481 e. The zero-order valence-electron chi connectivity index (χ0n) is 5.40. The highest BCUT2D eigenvalue weighted by Crippen LogP contribution is 2.06. The van der Waals surface area contributed by atoms with Gasteiger partial charge in [-0.05, 0) is 0 Å². The summed E-state index contributed by atoms with van der Waals surface area (Å²) in [6, 6.07) is 0. The molecular weight excluding hydrogens is 140 g/mol. The SMILES string of the molecule is CC(=O)O.O=C(O)C1CO1. The number of carboxylic acids is 2. The van der Waals surface area contributed by atoms with Crippen LogP contribution in [0.25, 0.3) is 0 Å². The van der Waals surface area contributed by atoms with Gasteiger partial charge in [0.05, 0.1) is 6.61 Å². The summed E-state index contributed by atoms with van der Waals surface area (Å²) in [5, 5.41) is 15.3. The number of hydrogen-bond donors (Lipinski definition) is 2. The molecule has 1 unspecified atom stereocenters. The minimum atomic E-state index is -0.852. The van der Waals surface area contributed by atoms with Crippen LogP contribution in [0.1, 0.15) is 6.92 Å². The molecule has 0 aromatic carbocycles. The van der Waals surface area contributed by atoms with Crippen LogP contribution in [0.15, 0.2) is 0 Å². The number of ether oxygens (including phenoxy) is 1. The molecule has 1 aliphatic rings. The van der Waals surface area contributed by atoms with Crippen LogP contribution in [0.4, 0.5) is 0 Å². The lowest BCUT2D eigenvalue weighted by Gasteiger charge is -1.72. The van der Waals surface area contributed by atoms with Gasteiger partial charge in [-0.1, -0.05) is 0 Å². The van der Waals surface area contributed by atoms with Gasteiger partial charge in [0.2, 0.25) is 0 Å². The Balaban J connectivity index is 0.000000180. The van der Waals surface area contributed by atoms with E-state index in [9.17, 15) is 4.79 Å². The summed E-state index contributed by atoms with van der Waals surface area (Å²) in [5.74, 6) is -1.69. The summed E-state index contributed by atoms with van der Waals surface area (Å²) in [7, 11) is 0. The van der Waals surface area contributed by atoms with Gasteiger partial charge in [0.25, 0.3) is 5.97 Å². The van der Waals surface area contributed by atoms with Crippen molar-refractivity contribution in [3.8, 4) is 0 Å². The first-order valence-corrected chi connectivity index (χ1v) is 2.58. The average Bonchev–Trinajstić information content (AvgIpc) is 2.38. The summed E-state index contributed by atoms with van der Waals surface area (Å²) in [4.78, 5) is 18.6. The molecule has 0 amide bonds. The van der Waals surface area contributed by atoms with Crippen molar-refractivity contribution in [1.29, 1.82) is 0 Å². The van der Waals surface area contributed by atoms with E-state index in [1.165, 1.54) is 0 Å². The summed E-state index contributed by atoms with van der Waals surface area (Å²) in [6.45, 7) is 1.48. The van der Waals surface area contributed by atoms with Gasteiger partial charge in [0, 0.05) is 6.92 Å². The first-order chi connectivity index (χ1) is 4.54. The monoisotopic (exact) mass is 148 g/mol. The highest BCUT2D eigenvalue weighted by molar-refractivity contribution is 5.74. The Morgan fingerprint density at radius 1 is 1.50 bits per heavy atom. The Hall–Kier alpha value is -1.10. The van der Waals surface area contributed by atoms with E-state index in [2.05, 4.69) is 4.74 Å². The Morgan fingerprint density at radius 3 is 1.80 bits per heavy atom. The molecule has 2 N–H and O–H groups in total. The highest BCUT2D eigenvalue weighted by Gasteiger charge is 2.30. The molecule has 0 aromatic heterocycles. The molecule has 1 fully saturated rings. The molecule has 0 saturated carbocycles. The molecule has 1 heterocycles. The maximum Gasteiger partial charge on any atom is 0.335 e. The summed E-state index contributed by atoms with van der Waals surface area (Å²) in [6.07, 6.45) is -0.481. The van der Waals surface area contributed by atoms with Crippen LogP contribution in [0.2, 0.25) is 0 Å². The molecule has 5 heteroatoms. The Bertz CT molecular complexity index is 133. The van der Waals surface area contributed by atoms with E-state index < -0.39 is 18.0 Å². The van der Waals surface area contributed by atoms with Gasteiger partial charge in [-0.15, -0.1) is 0 Å². The maximum atomic E-state index is 9.64. The lowest BCUT2D eigenvalue weighted by Crippen LogP contribution is -2.02. The van der Waals surface area contributed by atoms with Crippen molar-refractivity contribution in [3.05, 3.63) is 0 Å². The molecule has 58 valence electrons. The van der Waals surface area contributed by atoms with Crippen LogP contribution >= 0.6 is 0 Å². The lowest BCUT2D eigenvalue weighted by atomic mass is 10.5. The fraction of sp³-hybridized carbons (Fsp3) is 0.600. The second kappa shape index (κ2) is 3.84. The smallest absolute Gasteiger partial charge is 0.335 e. The van der Waals surface area contributed by atoms with Crippen LogP contribution in [-0.4, -0.2) is 34.9 Å². The third kappa shape index (κ3) is 6.90. The van der Waals surface area contributed by atoms with E-state index in [-0.39, 0.29) is 0 Å². The normalized spacial score (nSPS) is 20.3. The molecule has 1 atom stereocenters. The lowest BCUT2D eigenvalue weighted by molar-refractivity contribution is -0.138. The highest BCUT2D eigenvalue weighted by atomic mass is 16.6. The average molecular weight is 148 g/mol.